The van der Waals surface area contributed by atoms with Gasteiger partial charge < -0.3 is 10.6 Å². The third kappa shape index (κ3) is 7.14. The first-order valence-electron chi connectivity index (χ1n) is 8.30. The molecular weight excluding hydrogens is 438 g/mol. The van der Waals surface area contributed by atoms with Crippen molar-refractivity contribution < 1.29 is 4.39 Å². The molecule has 4 nitrogen and oxygen atoms in total. The molecule has 0 spiro atoms. The third-order valence-electron chi connectivity index (χ3n) is 4.11. The molecule has 7 heteroatoms. The molecule has 1 saturated heterocycles. The number of rotatable bonds is 7. The Labute approximate surface area is 166 Å². The normalized spacial score (nSPS) is 18.3. The molecule has 1 aromatic carbocycles. The molecule has 1 atom stereocenters. The molecule has 24 heavy (non-hydrogen) atoms. The highest BCUT2D eigenvalue weighted by Crippen LogP contribution is 2.17. The second kappa shape index (κ2) is 11.9. The van der Waals surface area contributed by atoms with E-state index in [1.165, 1.54) is 31.5 Å². The van der Waals surface area contributed by atoms with Crippen molar-refractivity contribution in [3.63, 3.8) is 0 Å². The number of nitrogens with zero attached hydrogens (tertiary/aromatic N) is 2. The number of thioether (sulfide) groups is 1. The maximum absolute atomic E-state index is 12.8. The number of likely N-dealkylation sites (tertiary alicyclic amines) is 1. The van der Waals surface area contributed by atoms with Crippen LogP contribution in [0.25, 0.3) is 0 Å². The first kappa shape index (κ1) is 21.5. The van der Waals surface area contributed by atoms with Gasteiger partial charge in [0.05, 0.1) is 0 Å². The van der Waals surface area contributed by atoms with E-state index in [0.29, 0.717) is 6.04 Å². The van der Waals surface area contributed by atoms with Crippen molar-refractivity contribution in [2.75, 3.05) is 39.0 Å². The summed E-state index contributed by atoms with van der Waals surface area (Å²) in [5, 5.41) is 6.75. The monoisotopic (exact) mass is 466 g/mol. The highest BCUT2D eigenvalue weighted by atomic mass is 127. The van der Waals surface area contributed by atoms with Crippen LogP contribution in [0.1, 0.15) is 19.8 Å². The van der Waals surface area contributed by atoms with Crippen molar-refractivity contribution in [3.05, 3.63) is 30.1 Å². The maximum atomic E-state index is 12.8. The molecule has 136 valence electrons. The van der Waals surface area contributed by atoms with E-state index in [1.54, 1.807) is 18.8 Å². The quantitative estimate of drug-likeness (QED) is 0.213. The molecule has 1 aromatic rings. The van der Waals surface area contributed by atoms with Crippen molar-refractivity contribution in [2.24, 2.45) is 4.99 Å². The number of hydrogen-bond acceptors (Lipinski definition) is 3. The van der Waals surface area contributed by atoms with Gasteiger partial charge in [-0.25, -0.2) is 4.39 Å². The van der Waals surface area contributed by atoms with E-state index in [1.807, 2.05) is 12.1 Å². The Morgan fingerprint density at radius 3 is 2.75 bits per heavy atom. The summed E-state index contributed by atoms with van der Waals surface area (Å²) in [6, 6.07) is 7.24. The average Bonchev–Trinajstić information content (AvgIpc) is 3.03. The lowest BCUT2D eigenvalue weighted by Crippen LogP contribution is -2.45. The number of benzene rings is 1. The van der Waals surface area contributed by atoms with Gasteiger partial charge in [0.2, 0.25) is 0 Å². The molecule has 0 radical (unpaired) electrons. The number of aliphatic imine (C=N–C) groups is 1. The minimum absolute atomic E-state index is 0. The van der Waals surface area contributed by atoms with Crippen LogP contribution in [-0.2, 0) is 0 Å². The molecule has 1 fully saturated rings. The Morgan fingerprint density at radius 2 is 2.08 bits per heavy atom. The van der Waals surface area contributed by atoms with E-state index in [0.717, 1.165) is 36.2 Å². The van der Waals surface area contributed by atoms with Gasteiger partial charge in [0, 0.05) is 36.8 Å². The summed E-state index contributed by atoms with van der Waals surface area (Å²) in [5.41, 5.74) is 0. The van der Waals surface area contributed by atoms with Crippen LogP contribution in [-0.4, -0.2) is 55.9 Å². The van der Waals surface area contributed by atoms with Crippen LogP contribution < -0.4 is 10.6 Å². The van der Waals surface area contributed by atoms with E-state index >= 15 is 0 Å². The first-order valence-corrected chi connectivity index (χ1v) is 9.28. The van der Waals surface area contributed by atoms with Crippen LogP contribution in [0.15, 0.2) is 34.2 Å². The van der Waals surface area contributed by atoms with Crippen molar-refractivity contribution >= 4 is 41.7 Å². The summed E-state index contributed by atoms with van der Waals surface area (Å²) in [5.74, 6) is 1.58. The zero-order valence-corrected chi connectivity index (χ0v) is 17.6. The topological polar surface area (TPSA) is 39.7 Å². The molecule has 0 saturated carbocycles. The predicted molar refractivity (Wildman–Crippen MR) is 112 cm³/mol. The van der Waals surface area contributed by atoms with E-state index in [9.17, 15) is 4.39 Å². The van der Waals surface area contributed by atoms with E-state index < -0.39 is 0 Å². The number of nitrogens with one attached hydrogen (secondary N) is 2. The van der Waals surface area contributed by atoms with Gasteiger partial charge in [-0.05, 0) is 50.2 Å². The van der Waals surface area contributed by atoms with Crippen LogP contribution in [0, 0.1) is 5.82 Å². The second-order valence-corrected chi connectivity index (χ2v) is 6.78. The van der Waals surface area contributed by atoms with Gasteiger partial charge in [0.25, 0.3) is 0 Å². The number of likely N-dealkylation sites (N-methyl/N-ethyl adjacent to an activating group) is 1. The summed E-state index contributed by atoms with van der Waals surface area (Å²) in [6.45, 7) is 6.32. The molecule has 0 aromatic heterocycles. The molecule has 2 N–H and O–H groups in total. The molecule has 0 amide bonds. The van der Waals surface area contributed by atoms with Crippen LogP contribution >= 0.6 is 35.7 Å². The third-order valence-corrected chi connectivity index (χ3v) is 5.12. The van der Waals surface area contributed by atoms with Crippen LogP contribution in [0.5, 0.6) is 0 Å². The Bertz CT molecular complexity index is 498. The summed E-state index contributed by atoms with van der Waals surface area (Å²) in [7, 11) is 1.80. The Hall–Kier alpha value is -0.540. The summed E-state index contributed by atoms with van der Waals surface area (Å²) in [4.78, 5) is 7.88. The number of guanidine groups is 1. The molecule has 1 unspecified atom stereocenters. The minimum Gasteiger partial charge on any atom is -0.356 e. The van der Waals surface area contributed by atoms with Gasteiger partial charge in [0.1, 0.15) is 5.82 Å². The molecule has 1 aliphatic rings. The standard InChI is InChI=1S/C17H27FN4S.HI/c1-3-22-11-4-5-15(22)13-21-17(19-2)20-10-12-23-16-8-6-14(18)7-9-16;/h6-9,15H,3-5,10-13H2,1-2H3,(H2,19,20,21);1H. The zero-order chi connectivity index (χ0) is 16.5. The largest absolute Gasteiger partial charge is 0.356 e. The van der Waals surface area contributed by atoms with Gasteiger partial charge in [-0.2, -0.15) is 0 Å². The molecule has 2 rings (SSSR count). The second-order valence-electron chi connectivity index (χ2n) is 5.61. The van der Waals surface area contributed by atoms with Crippen LogP contribution in [0.2, 0.25) is 0 Å². The predicted octanol–water partition coefficient (Wildman–Crippen LogP) is 3.19. The zero-order valence-electron chi connectivity index (χ0n) is 14.4. The number of halogens is 2. The highest BCUT2D eigenvalue weighted by molar-refractivity contribution is 14.0. The lowest BCUT2D eigenvalue weighted by Gasteiger charge is -2.23. The summed E-state index contributed by atoms with van der Waals surface area (Å²) in [6.07, 6.45) is 2.55. The lowest BCUT2D eigenvalue weighted by atomic mass is 10.2. The van der Waals surface area contributed by atoms with Crippen molar-refractivity contribution in [2.45, 2.75) is 30.7 Å². The minimum atomic E-state index is -0.190. The van der Waals surface area contributed by atoms with Crippen molar-refractivity contribution in [1.29, 1.82) is 0 Å². The van der Waals surface area contributed by atoms with Gasteiger partial charge in [-0.1, -0.05) is 6.92 Å². The molecule has 0 bridgehead atoms. The van der Waals surface area contributed by atoms with Crippen molar-refractivity contribution in [1.82, 2.24) is 15.5 Å². The molecular formula is C17H28FIN4S. The van der Waals surface area contributed by atoms with Gasteiger partial charge >= 0.3 is 0 Å². The highest BCUT2D eigenvalue weighted by Gasteiger charge is 2.22. The molecule has 0 aliphatic carbocycles. The van der Waals surface area contributed by atoms with E-state index in [4.69, 9.17) is 0 Å². The van der Waals surface area contributed by atoms with E-state index in [2.05, 4.69) is 27.4 Å². The SMILES string of the molecule is CCN1CCCC1CNC(=NC)NCCSc1ccc(F)cc1.I. The Morgan fingerprint density at radius 1 is 1.33 bits per heavy atom. The Kier molecular flexibility index (Phi) is 10.7. The maximum Gasteiger partial charge on any atom is 0.191 e. The average molecular weight is 466 g/mol. The van der Waals surface area contributed by atoms with Gasteiger partial charge in [0.15, 0.2) is 5.96 Å². The summed E-state index contributed by atoms with van der Waals surface area (Å²) >= 11 is 1.71. The lowest BCUT2D eigenvalue weighted by molar-refractivity contribution is 0.267. The van der Waals surface area contributed by atoms with Crippen LogP contribution in [0.3, 0.4) is 0 Å². The summed E-state index contributed by atoms with van der Waals surface area (Å²) < 4.78 is 12.8. The Balaban J connectivity index is 0.00000288. The fraction of sp³-hybridized carbons (Fsp3) is 0.588. The van der Waals surface area contributed by atoms with E-state index in [-0.39, 0.29) is 29.8 Å². The molecule has 1 aliphatic heterocycles. The first-order chi connectivity index (χ1) is 11.2. The van der Waals surface area contributed by atoms with Crippen LogP contribution in [0.4, 0.5) is 4.39 Å². The smallest absolute Gasteiger partial charge is 0.191 e. The fourth-order valence-electron chi connectivity index (χ4n) is 2.85. The molecule has 1 heterocycles. The fourth-order valence-corrected chi connectivity index (χ4v) is 3.62. The number of hydrogen-bond donors (Lipinski definition) is 2. The van der Waals surface area contributed by atoms with Crippen molar-refractivity contribution in [3.8, 4) is 0 Å². The van der Waals surface area contributed by atoms with Gasteiger partial charge in [-0.3, -0.25) is 9.89 Å². The van der Waals surface area contributed by atoms with Gasteiger partial charge in [-0.15, -0.1) is 35.7 Å².